The molecular weight excluding hydrogens is 298 g/mol. The Kier molecular flexibility index (Phi) is 2.62. The summed E-state index contributed by atoms with van der Waals surface area (Å²) in [5, 5.41) is 33.5. The molecule has 3 aromatic rings. The molecule has 0 unspecified atom stereocenters. The second-order valence-electron chi connectivity index (χ2n) is 5.19. The molecule has 0 saturated heterocycles. The summed E-state index contributed by atoms with van der Waals surface area (Å²) in [6.07, 6.45) is 0. The zero-order valence-electron chi connectivity index (χ0n) is 11.7. The van der Waals surface area contributed by atoms with Gasteiger partial charge in [-0.1, -0.05) is 30.3 Å². The van der Waals surface area contributed by atoms with Gasteiger partial charge in [0.05, 0.1) is 11.3 Å². The highest BCUT2D eigenvalue weighted by Gasteiger charge is 2.33. The average Bonchev–Trinajstić information content (AvgIpc) is 3.33. The van der Waals surface area contributed by atoms with Crippen molar-refractivity contribution in [3.8, 4) is 28.7 Å². The molecule has 4 N–H and O–H groups in total. The lowest BCUT2D eigenvalue weighted by Crippen LogP contribution is -2.12. The highest BCUT2D eigenvalue weighted by atomic mass is 16.6. The number of phenols is 3. The Morgan fingerprint density at radius 3 is 2.57 bits per heavy atom. The third-order valence-corrected chi connectivity index (χ3v) is 3.73. The summed E-state index contributed by atoms with van der Waals surface area (Å²) in [6, 6.07) is 11.5. The van der Waals surface area contributed by atoms with Gasteiger partial charge in [-0.3, -0.25) is 4.79 Å². The van der Waals surface area contributed by atoms with E-state index in [4.69, 9.17) is 4.74 Å². The fraction of sp³-hybridized carbons (Fsp3) is 0. The van der Waals surface area contributed by atoms with Crippen molar-refractivity contribution in [2.45, 2.75) is 0 Å². The first-order valence-corrected chi connectivity index (χ1v) is 6.85. The average molecular weight is 309 g/mol. The van der Waals surface area contributed by atoms with Crippen LogP contribution in [0.5, 0.6) is 28.7 Å². The normalized spacial score (nSPS) is 11.7. The molecule has 1 heterocycles. The van der Waals surface area contributed by atoms with E-state index in [2.05, 4.69) is 5.32 Å². The number of carbonyl (C=O) groups is 1. The van der Waals surface area contributed by atoms with Gasteiger partial charge in [-0.25, -0.2) is 0 Å². The van der Waals surface area contributed by atoms with Gasteiger partial charge in [0.25, 0.3) is 5.91 Å². The maximum atomic E-state index is 12.5. The number of aromatic hydroxyl groups is 3. The first-order valence-electron chi connectivity index (χ1n) is 6.85. The number of carbonyl (C=O) groups excluding carboxylic acids is 1. The van der Waals surface area contributed by atoms with Crippen molar-refractivity contribution < 1.29 is 24.9 Å². The minimum atomic E-state index is -0.602. The minimum Gasteiger partial charge on any atom is -0.507 e. The van der Waals surface area contributed by atoms with Gasteiger partial charge in [0.1, 0.15) is 5.75 Å². The molecule has 6 heteroatoms. The quantitative estimate of drug-likeness (QED) is 0.258. The van der Waals surface area contributed by atoms with E-state index in [0.717, 1.165) is 5.39 Å². The molecule has 0 bridgehead atoms. The zero-order chi connectivity index (χ0) is 16.1. The van der Waals surface area contributed by atoms with Crippen LogP contribution in [0, 0.1) is 0 Å². The van der Waals surface area contributed by atoms with E-state index < -0.39 is 5.91 Å². The van der Waals surface area contributed by atoms with Crippen LogP contribution in [0.3, 0.4) is 0 Å². The molecule has 1 amide bonds. The van der Waals surface area contributed by atoms with E-state index in [9.17, 15) is 20.1 Å². The van der Waals surface area contributed by atoms with Crippen molar-refractivity contribution in [2.75, 3.05) is 5.32 Å². The lowest BCUT2D eigenvalue weighted by Gasteiger charge is -2.10. The van der Waals surface area contributed by atoms with Crippen molar-refractivity contribution >= 4 is 22.4 Å². The molecule has 4 rings (SSSR count). The van der Waals surface area contributed by atoms with E-state index in [1.807, 2.05) is 12.1 Å². The predicted octanol–water partition coefficient (Wildman–Crippen LogP) is 3.31. The van der Waals surface area contributed by atoms with Gasteiger partial charge in [0.15, 0.2) is 11.5 Å². The molecule has 0 spiro atoms. The molecule has 0 aromatic heterocycles. The van der Waals surface area contributed by atoms with E-state index in [1.54, 1.807) is 18.2 Å². The summed E-state index contributed by atoms with van der Waals surface area (Å²) < 4.78 is 4.92. The maximum absolute atomic E-state index is 12.5. The summed E-state index contributed by atoms with van der Waals surface area (Å²) in [5.41, 5.74) is 0.101. The number of rotatable bonds is 2. The highest BCUT2D eigenvalue weighted by molar-refractivity contribution is 6.15. The Hall–Kier alpha value is -3.41. The molecule has 6 nitrogen and oxygen atoms in total. The van der Waals surface area contributed by atoms with Crippen LogP contribution in [0.25, 0.3) is 10.8 Å². The largest absolute Gasteiger partial charge is 0.507 e. The topological polar surface area (TPSA) is 102 Å². The Balaban J connectivity index is 1.78. The molecule has 0 radical (unpaired) electrons. The van der Waals surface area contributed by atoms with E-state index in [1.165, 1.54) is 12.1 Å². The SMILES string of the molecule is O=C(Nc1cc(O)c2c(c1O)O2)c1c(O)ccc2ccccc12. The van der Waals surface area contributed by atoms with Crippen LogP contribution >= 0.6 is 0 Å². The molecule has 1 aliphatic rings. The molecular formula is C17H11NO5. The number of hydrogen-bond donors (Lipinski definition) is 4. The van der Waals surface area contributed by atoms with Crippen molar-refractivity contribution in [2.24, 2.45) is 0 Å². The van der Waals surface area contributed by atoms with Gasteiger partial charge < -0.3 is 25.4 Å². The van der Waals surface area contributed by atoms with E-state index >= 15 is 0 Å². The molecule has 114 valence electrons. The van der Waals surface area contributed by atoms with Crippen LogP contribution in [0.4, 0.5) is 5.69 Å². The Morgan fingerprint density at radius 2 is 1.74 bits per heavy atom. The summed E-state index contributed by atoms with van der Waals surface area (Å²) in [5.74, 6) is -0.862. The molecule has 3 aromatic carbocycles. The third kappa shape index (κ3) is 2.00. The number of hydrogen-bond acceptors (Lipinski definition) is 5. The summed E-state index contributed by atoms with van der Waals surface area (Å²) in [6.45, 7) is 0. The summed E-state index contributed by atoms with van der Waals surface area (Å²) in [4.78, 5) is 12.5. The van der Waals surface area contributed by atoms with Crippen LogP contribution in [0.1, 0.15) is 10.4 Å². The van der Waals surface area contributed by atoms with Gasteiger partial charge in [-0.05, 0) is 16.8 Å². The smallest absolute Gasteiger partial charge is 0.260 e. The Morgan fingerprint density at radius 1 is 0.957 bits per heavy atom. The predicted molar refractivity (Wildman–Crippen MR) is 83.4 cm³/mol. The number of fused-ring (bicyclic) bond motifs is 2. The van der Waals surface area contributed by atoms with Crippen LogP contribution in [-0.2, 0) is 0 Å². The lowest BCUT2D eigenvalue weighted by molar-refractivity contribution is 0.102. The third-order valence-electron chi connectivity index (χ3n) is 3.73. The number of nitrogens with one attached hydrogen (secondary N) is 1. The van der Waals surface area contributed by atoms with Crippen LogP contribution in [0.15, 0.2) is 42.5 Å². The number of amides is 1. The highest BCUT2D eigenvalue weighted by Crippen LogP contribution is 2.60. The molecule has 0 saturated carbocycles. The van der Waals surface area contributed by atoms with Crippen molar-refractivity contribution in [3.05, 3.63) is 48.0 Å². The van der Waals surface area contributed by atoms with E-state index in [0.29, 0.717) is 5.39 Å². The first kappa shape index (κ1) is 13.3. The Bertz CT molecular complexity index is 980. The van der Waals surface area contributed by atoms with Gasteiger partial charge in [-0.2, -0.15) is 0 Å². The zero-order valence-corrected chi connectivity index (χ0v) is 11.7. The molecule has 0 fully saturated rings. The number of phenolic OH excluding ortho intramolecular Hbond substituents is 3. The van der Waals surface area contributed by atoms with Crippen LogP contribution in [-0.4, -0.2) is 21.2 Å². The standard InChI is InChI=1S/C17H11NO5/c19-11-6-5-8-3-1-2-4-9(8)13(11)17(22)18-10-7-12(20)15-16(23-15)14(10)21/h1-7,19-21H,(H,18,22). The van der Waals surface area contributed by atoms with Gasteiger partial charge >= 0.3 is 0 Å². The fourth-order valence-electron chi connectivity index (χ4n) is 2.57. The second-order valence-corrected chi connectivity index (χ2v) is 5.19. The van der Waals surface area contributed by atoms with Crippen molar-refractivity contribution in [1.82, 2.24) is 0 Å². The molecule has 1 aliphatic heterocycles. The summed E-state index contributed by atoms with van der Waals surface area (Å²) >= 11 is 0. The lowest BCUT2D eigenvalue weighted by atomic mass is 10.0. The van der Waals surface area contributed by atoms with Crippen molar-refractivity contribution in [3.63, 3.8) is 0 Å². The van der Waals surface area contributed by atoms with Gasteiger partial charge in [-0.15, -0.1) is 0 Å². The number of benzene rings is 3. The molecule has 23 heavy (non-hydrogen) atoms. The van der Waals surface area contributed by atoms with Crippen LogP contribution in [0.2, 0.25) is 0 Å². The number of anilines is 1. The van der Waals surface area contributed by atoms with Gasteiger partial charge in [0.2, 0.25) is 11.5 Å². The first-order chi connectivity index (χ1) is 11.1. The Labute approximate surface area is 130 Å². The van der Waals surface area contributed by atoms with E-state index in [-0.39, 0.29) is 40.0 Å². The minimum absolute atomic E-state index is 0.0103. The number of ether oxygens (including phenoxy) is 1. The summed E-state index contributed by atoms with van der Waals surface area (Å²) in [7, 11) is 0. The molecule has 0 aliphatic carbocycles. The van der Waals surface area contributed by atoms with Crippen LogP contribution < -0.4 is 10.1 Å². The fourth-order valence-corrected chi connectivity index (χ4v) is 2.57. The second kappa shape index (κ2) is 4.54. The maximum Gasteiger partial charge on any atom is 0.260 e. The van der Waals surface area contributed by atoms with Gasteiger partial charge in [0, 0.05) is 6.07 Å². The monoisotopic (exact) mass is 309 g/mol. The van der Waals surface area contributed by atoms with Crippen molar-refractivity contribution in [1.29, 1.82) is 0 Å². The molecule has 0 atom stereocenters.